The van der Waals surface area contributed by atoms with Crippen LogP contribution >= 0.6 is 0 Å². The summed E-state index contributed by atoms with van der Waals surface area (Å²) in [5.74, 6) is -0.629. The Labute approximate surface area is 82.2 Å². The number of para-hydroxylation sites is 1. The van der Waals surface area contributed by atoms with Crippen molar-refractivity contribution in [2.24, 2.45) is 0 Å². The first-order chi connectivity index (χ1) is 6.59. The maximum atomic E-state index is 11.5. The third kappa shape index (κ3) is 1.50. The number of sulfonamides is 1. The second-order valence-corrected chi connectivity index (χ2v) is 5.03. The molecular weight excluding hydrogens is 202 g/mol. The summed E-state index contributed by atoms with van der Waals surface area (Å²) < 4.78 is 24.1. The molecule has 1 aliphatic rings. The molecule has 0 bridgehead atoms. The molecule has 0 N–H and O–H groups in total. The van der Waals surface area contributed by atoms with Crippen LogP contribution in [-0.2, 0) is 14.8 Å². The third-order valence-corrected chi connectivity index (χ3v) is 3.74. The number of carbonyl (C=O) groups excluding carboxylic acids is 1. The van der Waals surface area contributed by atoms with Crippen LogP contribution < -0.4 is 4.31 Å². The molecule has 1 aromatic carbocycles. The lowest BCUT2D eigenvalue weighted by atomic mass is 10.3. The van der Waals surface area contributed by atoms with Crippen molar-refractivity contribution in [3.05, 3.63) is 30.3 Å². The average Bonchev–Trinajstić information content (AvgIpc) is 2.41. The molecule has 1 saturated heterocycles. The summed E-state index contributed by atoms with van der Waals surface area (Å²) in [6.45, 7) is -0.0354. The SMILES string of the molecule is O=C1CN(c2ccccc2)S(=O)(=O)C1. The van der Waals surface area contributed by atoms with Crippen LogP contribution in [0.15, 0.2) is 30.3 Å². The summed E-state index contributed by atoms with van der Waals surface area (Å²) in [6, 6.07) is 8.64. The Balaban J connectivity index is 2.42. The molecule has 0 spiro atoms. The minimum absolute atomic E-state index is 0.0354. The van der Waals surface area contributed by atoms with E-state index in [0.29, 0.717) is 5.69 Å². The maximum Gasteiger partial charge on any atom is 0.242 e. The number of hydrogen-bond acceptors (Lipinski definition) is 3. The summed E-state index contributed by atoms with van der Waals surface area (Å²) in [6.07, 6.45) is 0. The van der Waals surface area contributed by atoms with Gasteiger partial charge in [0.1, 0.15) is 5.75 Å². The molecular formula is C9H9NO3S. The summed E-state index contributed by atoms with van der Waals surface area (Å²) in [7, 11) is -3.41. The van der Waals surface area contributed by atoms with Crippen molar-refractivity contribution in [1.29, 1.82) is 0 Å². The van der Waals surface area contributed by atoms with Gasteiger partial charge in [-0.25, -0.2) is 8.42 Å². The summed E-state index contributed by atoms with van der Waals surface area (Å²) in [5, 5.41) is 0. The molecule has 0 aromatic heterocycles. The molecule has 0 amide bonds. The van der Waals surface area contributed by atoms with Gasteiger partial charge in [0.15, 0.2) is 5.78 Å². The smallest absolute Gasteiger partial charge is 0.242 e. The van der Waals surface area contributed by atoms with Gasteiger partial charge in [-0.15, -0.1) is 0 Å². The standard InChI is InChI=1S/C9H9NO3S/c11-9-6-10(14(12,13)7-9)8-4-2-1-3-5-8/h1-5H,6-7H2. The molecule has 1 aromatic rings. The fraction of sp³-hybridized carbons (Fsp3) is 0.222. The fourth-order valence-corrected chi connectivity index (χ4v) is 2.87. The van der Waals surface area contributed by atoms with Crippen molar-refractivity contribution >= 4 is 21.5 Å². The Kier molecular flexibility index (Phi) is 2.03. The Hall–Kier alpha value is -1.36. The van der Waals surface area contributed by atoms with Crippen LogP contribution in [0.2, 0.25) is 0 Å². The van der Waals surface area contributed by atoms with E-state index in [1.807, 2.05) is 0 Å². The summed E-state index contributed by atoms with van der Waals surface area (Å²) >= 11 is 0. The molecule has 0 unspecified atom stereocenters. The van der Waals surface area contributed by atoms with Gasteiger partial charge < -0.3 is 0 Å². The number of Topliss-reactive ketones (excluding diaryl/α,β-unsaturated/α-hetero) is 1. The number of benzene rings is 1. The number of anilines is 1. The normalized spacial score (nSPS) is 20.0. The Morgan fingerprint density at radius 1 is 1.14 bits per heavy atom. The van der Waals surface area contributed by atoms with Crippen LogP contribution in [0, 0.1) is 0 Å². The summed E-state index contributed by atoms with van der Waals surface area (Å²) in [5.41, 5.74) is 0.554. The first kappa shape index (κ1) is 9.21. The van der Waals surface area contributed by atoms with Crippen LogP contribution in [-0.4, -0.2) is 26.5 Å². The van der Waals surface area contributed by atoms with Gasteiger partial charge in [-0.2, -0.15) is 0 Å². The van der Waals surface area contributed by atoms with Gasteiger partial charge >= 0.3 is 0 Å². The molecule has 0 saturated carbocycles. The van der Waals surface area contributed by atoms with Gasteiger partial charge in [0, 0.05) is 0 Å². The Bertz CT molecular complexity index is 452. The average molecular weight is 211 g/mol. The van der Waals surface area contributed by atoms with Crippen LogP contribution in [0.1, 0.15) is 0 Å². The van der Waals surface area contributed by atoms with Crippen LogP contribution in [0.4, 0.5) is 5.69 Å². The minimum atomic E-state index is -3.41. The van der Waals surface area contributed by atoms with Crippen molar-refractivity contribution < 1.29 is 13.2 Å². The first-order valence-electron chi connectivity index (χ1n) is 4.17. The van der Waals surface area contributed by atoms with Crippen molar-refractivity contribution in [3.8, 4) is 0 Å². The van der Waals surface area contributed by atoms with Gasteiger partial charge in [-0.3, -0.25) is 9.10 Å². The molecule has 0 radical (unpaired) electrons. The van der Waals surface area contributed by atoms with E-state index in [0.717, 1.165) is 4.31 Å². The van der Waals surface area contributed by atoms with E-state index in [9.17, 15) is 13.2 Å². The van der Waals surface area contributed by atoms with Crippen molar-refractivity contribution in [3.63, 3.8) is 0 Å². The lowest BCUT2D eigenvalue weighted by Gasteiger charge is -2.14. The van der Waals surface area contributed by atoms with E-state index in [1.165, 1.54) is 0 Å². The third-order valence-electron chi connectivity index (χ3n) is 2.04. The molecule has 0 aliphatic carbocycles. The number of rotatable bonds is 1. The monoisotopic (exact) mass is 211 g/mol. The maximum absolute atomic E-state index is 11.5. The van der Waals surface area contributed by atoms with E-state index in [2.05, 4.69) is 0 Å². The number of carbonyl (C=O) groups is 1. The van der Waals surface area contributed by atoms with Gasteiger partial charge in [0.2, 0.25) is 10.0 Å². The van der Waals surface area contributed by atoms with Crippen LogP contribution in [0.3, 0.4) is 0 Å². The van der Waals surface area contributed by atoms with E-state index in [4.69, 9.17) is 0 Å². The molecule has 5 heteroatoms. The molecule has 1 heterocycles. The molecule has 1 fully saturated rings. The summed E-state index contributed by atoms with van der Waals surface area (Å²) in [4.78, 5) is 11.0. The zero-order chi connectivity index (χ0) is 10.2. The highest BCUT2D eigenvalue weighted by atomic mass is 32.2. The largest absolute Gasteiger partial charge is 0.296 e. The highest BCUT2D eigenvalue weighted by Gasteiger charge is 2.34. The number of ketones is 1. The van der Waals surface area contributed by atoms with Gasteiger partial charge in [-0.05, 0) is 12.1 Å². The minimum Gasteiger partial charge on any atom is -0.296 e. The lowest BCUT2D eigenvalue weighted by Crippen LogP contribution is -2.25. The second kappa shape index (κ2) is 3.09. The zero-order valence-electron chi connectivity index (χ0n) is 7.38. The van der Waals surface area contributed by atoms with Crippen LogP contribution in [0.25, 0.3) is 0 Å². The van der Waals surface area contributed by atoms with E-state index < -0.39 is 10.0 Å². The molecule has 14 heavy (non-hydrogen) atoms. The topological polar surface area (TPSA) is 54.5 Å². The number of hydrogen-bond donors (Lipinski definition) is 0. The van der Waals surface area contributed by atoms with Crippen molar-refractivity contribution in [2.75, 3.05) is 16.6 Å². The molecule has 0 atom stereocenters. The van der Waals surface area contributed by atoms with Crippen molar-refractivity contribution in [1.82, 2.24) is 0 Å². The van der Waals surface area contributed by atoms with Crippen LogP contribution in [0.5, 0.6) is 0 Å². The molecule has 74 valence electrons. The highest BCUT2D eigenvalue weighted by molar-refractivity contribution is 7.94. The zero-order valence-corrected chi connectivity index (χ0v) is 8.20. The van der Waals surface area contributed by atoms with Gasteiger partial charge in [0.25, 0.3) is 0 Å². The lowest BCUT2D eigenvalue weighted by molar-refractivity contribution is -0.114. The van der Waals surface area contributed by atoms with Crippen molar-refractivity contribution in [2.45, 2.75) is 0 Å². The number of nitrogens with zero attached hydrogens (tertiary/aromatic N) is 1. The Morgan fingerprint density at radius 2 is 1.79 bits per heavy atom. The Morgan fingerprint density at radius 3 is 2.29 bits per heavy atom. The van der Waals surface area contributed by atoms with E-state index in [1.54, 1.807) is 30.3 Å². The predicted molar refractivity (Wildman–Crippen MR) is 52.6 cm³/mol. The predicted octanol–water partition coefficient (Wildman–Crippen LogP) is 0.405. The fourth-order valence-electron chi connectivity index (χ4n) is 1.43. The molecule has 2 rings (SSSR count). The van der Waals surface area contributed by atoms with E-state index >= 15 is 0 Å². The van der Waals surface area contributed by atoms with E-state index in [-0.39, 0.29) is 18.1 Å². The molecule has 1 aliphatic heterocycles. The molecule has 4 nitrogen and oxygen atoms in total. The first-order valence-corrected chi connectivity index (χ1v) is 5.78. The quantitative estimate of drug-likeness (QED) is 0.676. The highest BCUT2D eigenvalue weighted by Crippen LogP contribution is 2.21. The van der Waals surface area contributed by atoms with Gasteiger partial charge in [0.05, 0.1) is 12.2 Å². The second-order valence-electron chi connectivity index (χ2n) is 3.14. The van der Waals surface area contributed by atoms with Gasteiger partial charge in [-0.1, -0.05) is 18.2 Å².